The molecule has 2 bridgehead atoms. The molecule has 0 amide bonds. The van der Waals surface area contributed by atoms with Crippen LogP contribution in [0.15, 0.2) is 46.2 Å². The van der Waals surface area contributed by atoms with Gasteiger partial charge in [0.05, 0.1) is 4.90 Å². The fourth-order valence-corrected chi connectivity index (χ4v) is 4.82. The summed E-state index contributed by atoms with van der Waals surface area (Å²) in [6, 6.07) is 8.80. The highest BCUT2D eigenvalue weighted by Gasteiger charge is 2.36. The van der Waals surface area contributed by atoms with Crippen LogP contribution in [-0.2, 0) is 9.84 Å². The Hall–Kier alpha value is -1.09. The highest BCUT2D eigenvalue weighted by Crippen LogP contribution is 2.45. The summed E-state index contributed by atoms with van der Waals surface area (Å²) in [6.07, 6.45) is 6.21. The maximum Gasteiger partial charge on any atom is 0.202 e. The molecule has 0 aliphatic heterocycles. The first-order chi connectivity index (χ1) is 8.18. The van der Waals surface area contributed by atoms with Gasteiger partial charge in [0.25, 0.3) is 0 Å². The minimum atomic E-state index is -3.24. The number of allylic oxidation sites excluding steroid dienone is 2. The third kappa shape index (κ3) is 1.82. The van der Waals surface area contributed by atoms with Crippen LogP contribution in [0.25, 0.3) is 0 Å². The van der Waals surface area contributed by atoms with Crippen molar-refractivity contribution in [2.75, 3.05) is 0 Å². The minimum absolute atomic E-state index is 0.277. The number of benzene rings is 1. The lowest BCUT2D eigenvalue weighted by Crippen LogP contribution is -2.15. The topological polar surface area (TPSA) is 34.1 Å². The van der Waals surface area contributed by atoms with Crippen molar-refractivity contribution in [3.63, 3.8) is 0 Å². The van der Waals surface area contributed by atoms with E-state index in [0.717, 1.165) is 25.2 Å². The van der Waals surface area contributed by atoms with Crippen LogP contribution in [0.3, 0.4) is 0 Å². The minimum Gasteiger partial charge on any atom is -0.219 e. The van der Waals surface area contributed by atoms with Gasteiger partial charge in [0, 0.05) is 4.91 Å². The molecule has 90 valence electrons. The second-order valence-corrected chi connectivity index (χ2v) is 6.98. The van der Waals surface area contributed by atoms with E-state index < -0.39 is 9.84 Å². The van der Waals surface area contributed by atoms with E-state index >= 15 is 0 Å². The average molecular weight is 248 g/mol. The molecule has 0 saturated heterocycles. The normalized spacial score (nSPS) is 27.9. The maximum atomic E-state index is 12.5. The monoisotopic (exact) mass is 248 g/mol. The molecule has 0 aromatic heterocycles. The van der Waals surface area contributed by atoms with E-state index in [4.69, 9.17) is 0 Å². The van der Waals surface area contributed by atoms with E-state index in [1.807, 2.05) is 12.1 Å². The Kier molecular flexibility index (Phi) is 2.58. The zero-order chi connectivity index (χ0) is 11.9. The smallest absolute Gasteiger partial charge is 0.202 e. The highest BCUT2D eigenvalue weighted by molar-refractivity contribution is 7.95. The highest BCUT2D eigenvalue weighted by atomic mass is 32.2. The van der Waals surface area contributed by atoms with Gasteiger partial charge in [-0.1, -0.05) is 24.3 Å². The molecule has 0 N–H and O–H groups in total. The Morgan fingerprint density at radius 1 is 1.06 bits per heavy atom. The van der Waals surface area contributed by atoms with E-state index in [9.17, 15) is 8.42 Å². The van der Waals surface area contributed by atoms with Gasteiger partial charge in [-0.3, -0.25) is 0 Å². The van der Waals surface area contributed by atoms with Gasteiger partial charge in [-0.25, -0.2) is 8.42 Å². The number of hydrogen-bond acceptors (Lipinski definition) is 2. The van der Waals surface area contributed by atoms with Gasteiger partial charge in [-0.05, 0) is 49.7 Å². The third-order valence-corrected chi connectivity index (χ3v) is 5.97. The lowest BCUT2D eigenvalue weighted by atomic mass is 9.95. The van der Waals surface area contributed by atoms with Gasteiger partial charge in [-0.15, -0.1) is 0 Å². The Balaban J connectivity index is 2.02. The van der Waals surface area contributed by atoms with Gasteiger partial charge >= 0.3 is 0 Å². The predicted octanol–water partition coefficient (Wildman–Crippen LogP) is 3.16. The summed E-state index contributed by atoms with van der Waals surface area (Å²) in [5.74, 6) is 1.01. The molecule has 2 nitrogen and oxygen atoms in total. The van der Waals surface area contributed by atoms with Crippen LogP contribution >= 0.6 is 0 Å². The third-order valence-electron chi connectivity index (χ3n) is 3.96. The van der Waals surface area contributed by atoms with Crippen LogP contribution in [0.1, 0.15) is 25.7 Å². The predicted molar refractivity (Wildman–Crippen MR) is 67.2 cm³/mol. The Morgan fingerprint density at radius 3 is 2.59 bits per heavy atom. The SMILES string of the molecule is O=S(=O)(C1=CCC2CCC1C2)c1ccccc1. The van der Waals surface area contributed by atoms with Crippen molar-refractivity contribution in [1.29, 1.82) is 0 Å². The van der Waals surface area contributed by atoms with E-state index in [1.165, 1.54) is 6.42 Å². The van der Waals surface area contributed by atoms with E-state index in [-0.39, 0.29) is 5.92 Å². The van der Waals surface area contributed by atoms with Crippen LogP contribution < -0.4 is 0 Å². The molecule has 2 aliphatic carbocycles. The molecule has 17 heavy (non-hydrogen) atoms. The molecular formula is C14H16O2S. The molecule has 2 aliphatic rings. The van der Waals surface area contributed by atoms with Crippen LogP contribution in [-0.4, -0.2) is 8.42 Å². The van der Waals surface area contributed by atoms with E-state index in [2.05, 4.69) is 0 Å². The quantitative estimate of drug-likeness (QED) is 0.805. The summed E-state index contributed by atoms with van der Waals surface area (Å²) < 4.78 is 25.0. The van der Waals surface area contributed by atoms with Crippen molar-refractivity contribution >= 4 is 9.84 Å². The van der Waals surface area contributed by atoms with Gasteiger partial charge < -0.3 is 0 Å². The molecule has 0 spiro atoms. The summed E-state index contributed by atoms with van der Waals surface area (Å²) in [7, 11) is -3.24. The fraction of sp³-hybridized carbons (Fsp3) is 0.429. The second-order valence-electron chi connectivity index (χ2n) is 5.03. The van der Waals surface area contributed by atoms with Crippen molar-refractivity contribution in [3.8, 4) is 0 Å². The summed E-state index contributed by atoms with van der Waals surface area (Å²) in [5.41, 5.74) is 0. The van der Waals surface area contributed by atoms with E-state index in [1.54, 1.807) is 24.3 Å². The van der Waals surface area contributed by atoms with Gasteiger partial charge in [-0.2, -0.15) is 0 Å². The largest absolute Gasteiger partial charge is 0.219 e. The first-order valence-corrected chi connectivity index (χ1v) is 7.66. The molecule has 1 aromatic rings. The molecule has 1 saturated carbocycles. The average Bonchev–Trinajstić information content (AvgIpc) is 2.71. The lowest BCUT2D eigenvalue weighted by molar-refractivity contribution is 0.508. The summed E-state index contributed by atoms with van der Waals surface area (Å²) in [5, 5.41) is 0. The molecule has 2 unspecified atom stereocenters. The van der Waals surface area contributed by atoms with Crippen LogP contribution in [0, 0.1) is 11.8 Å². The fourth-order valence-electron chi connectivity index (χ4n) is 3.06. The molecular weight excluding hydrogens is 232 g/mol. The molecule has 2 atom stereocenters. The van der Waals surface area contributed by atoms with Crippen molar-refractivity contribution in [2.24, 2.45) is 11.8 Å². The Bertz CT molecular complexity index is 543. The van der Waals surface area contributed by atoms with Crippen molar-refractivity contribution < 1.29 is 8.42 Å². The van der Waals surface area contributed by atoms with Crippen LogP contribution in [0.4, 0.5) is 0 Å². The Labute approximate surface area is 102 Å². The molecule has 0 heterocycles. The van der Waals surface area contributed by atoms with Crippen molar-refractivity contribution in [1.82, 2.24) is 0 Å². The van der Waals surface area contributed by atoms with Crippen LogP contribution in [0.2, 0.25) is 0 Å². The zero-order valence-electron chi connectivity index (χ0n) is 9.67. The number of rotatable bonds is 2. The molecule has 0 radical (unpaired) electrons. The number of sulfone groups is 1. The lowest BCUT2D eigenvalue weighted by Gasteiger charge is -2.20. The number of hydrogen-bond donors (Lipinski definition) is 0. The molecule has 1 fully saturated rings. The molecule has 1 aromatic carbocycles. The van der Waals surface area contributed by atoms with Crippen molar-refractivity contribution in [3.05, 3.63) is 41.3 Å². The standard InChI is InChI=1S/C14H16O2S/c15-17(16,13-4-2-1-3-5-13)14-9-7-11-6-8-12(14)10-11/h1-5,9,11-12H,6-8,10H2. The first kappa shape index (κ1) is 11.0. The van der Waals surface area contributed by atoms with Crippen LogP contribution in [0.5, 0.6) is 0 Å². The van der Waals surface area contributed by atoms with Gasteiger partial charge in [0.2, 0.25) is 9.84 Å². The van der Waals surface area contributed by atoms with Gasteiger partial charge in [0.1, 0.15) is 0 Å². The first-order valence-electron chi connectivity index (χ1n) is 6.18. The summed E-state index contributed by atoms with van der Waals surface area (Å²) >= 11 is 0. The molecule has 3 heteroatoms. The summed E-state index contributed by atoms with van der Waals surface area (Å²) in [6.45, 7) is 0. The zero-order valence-corrected chi connectivity index (χ0v) is 10.5. The Morgan fingerprint density at radius 2 is 1.82 bits per heavy atom. The second kappa shape index (κ2) is 3.98. The summed E-state index contributed by atoms with van der Waals surface area (Å²) in [4.78, 5) is 1.12. The maximum absolute atomic E-state index is 12.5. The number of fused-ring (bicyclic) bond motifs is 2. The molecule has 3 rings (SSSR count). The van der Waals surface area contributed by atoms with Gasteiger partial charge in [0.15, 0.2) is 0 Å². The van der Waals surface area contributed by atoms with E-state index in [0.29, 0.717) is 9.80 Å². The van der Waals surface area contributed by atoms with Crippen molar-refractivity contribution in [2.45, 2.75) is 30.6 Å².